The number of carbonyl (C=O) groups excluding carboxylic acids is 1. The number of hydrogen-bond acceptors (Lipinski definition) is 5. The van der Waals surface area contributed by atoms with Gasteiger partial charge in [0, 0.05) is 13.1 Å². The van der Waals surface area contributed by atoms with Crippen LogP contribution in [0.1, 0.15) is 0 Å². The molecule has 0 saturated carbocycles. The molecule has 7 nitrogen and oxygen atoms in total. The molecule has 0 fully saturated rings. The lowest BCUT2D eigenvalue weighted by Gasteiger charge is -2.18. The van der Waals surface area contributed by atoms with Crippen LogP contribution in [0.5, 0.6) is 0 Å². The topological polar surface area (TPSA) is 125 Å². The molecule has 6 N–H and O–H groups in total. The van der Waals surface area contributed by atoms with Crippen LogP contribution in [0, 0.1) is 0 Å². The molecule has 2 unspecified atom stereocenters. The molecular weight excluding hydrogens is 178 g/mol. The molecule has 0 aromatic heterocycles. The Hall–Kier alpha value is -1.18. The van der Waals surface area contributed by atoms with Crippen molar-refractivity contribution in [2.75, 3.05) is 13.1 Å². The zero-order chi connectivity index (χ0) is 10.3. The van der Waals surface area contributed by atoms with Crippen molar-refractivity contribution >= 4 is 12.4 Å². The Morgan fingerprint density at radius 1 is 1.62 bits per heavy atom. The normalized spacial score (nSPS) is 14.6. The molecule has 2 atom stereocenters. The van der Waals surface area contributed by atoms with Crippen LogP contribution in [0.25, 0.3) is 0 Å². The molecule has 13 heavy (non-hydrogen) atoms. The predicted octanol–water partition coefficient (Wildman–Crippen LogP) is -2.31. The quantitative estimate of drug-likeness (QED) is 0.237. The third-order valence-corrected chi connectivity index (χ3v) is 1.27. The van der Waals surface area contributed by atoms with Crippen molar-refractivity contribution in [1.82, 2.24) is 10.6 Å². The predicted molar refractivity (Wildman–Crippen MR) is 44.1 cm³/mol. The Balaban J connectivity index is 3.91. The van der Waals surface area contributed by atoms with E-state index in [1.54, 1.807) is 0 Å². The zero-order valence-electron chi connectivity index (χ0n) is 6.93. The van der Waals surface area contributed by atoms with Crippen molar-refractivity contribution in [2.24, 2.45) is 5.73 Å². The summed E-state index contributed by atoms with van der Waals surface area (Å²) in [4.78, 5) is 20.4. The Bertz CT molecular complexity index is 175. The van der Waals surface area contributed by atoms with Crippen LogP contribution < -0.4 is 16.4 Å². The fourth-order valence-electron chi connectivity index (χ4n) is 0.688. The second kappa shape index (κ2) is 6.35. The minimum absolute atomic E-state index is 0.287. The highest BCUT2D eigenvalue weighted by Crippen LogP contribution is 1.85. The molecule has 0 aliphatic rings. The summed E-state index contributed by atoms with van der Waals surface area (Å²) in [7, 11) is 0. The van der Waals surface area contributed by atoms with E-state index in [2.05, 4.69) is 5.32 Å². The van der Waals surface area contributed by atoms with Crippen LogP contribution in [0.2, 0.25) is 0 Å². The monoisotopic (exact) mass is 191 g/mol. The summed E-state index contributed by atoms with van der Waals surface area (Å²) in [5, 5.41) is 21.7. The minimum Gasteiger partial charge on any atom is -0.465 e. The van der Waals surface area contributed by atoms with Gasteiger partial charge in [0.2, 0.25) is 0 Å². The first-order valence-corrected chi connectivity index (χ1v) is 3.68. The second-order valence-corrected chi connectivity index (χ2v) is 2.30. The smallest absolute Gasteiger partial charge is 0.405 e. The molecule has 0 aromatic carbocycles. The van der Waals surface area contributed by atoms with E-state index in [0.29, 0.717) is 12.8 Å². The molecule has 1 amide bonds. The van der Waals surface area contributed by atoms with E-state index in [4.69, 9.17) is 15.9 Å². The summed E-state index contributed by atoms with van der Waals surface area (Å²) in [5.74, 6) is 0. The van der Waals surface area contributed by atoms with E-state index in [-0.39, 0.29) is 6.54 Å². The van der Waals surface area contributed by atoms with Gasteiger partial charge in [-0.3, -0.25) is 5.32 Å². The van der Waals surface area contributed by atoms with Crippen LogP contribution in [0.15, 0.2) is 0 Å². The maximum atomic E-state index is 10.3. The first-order chi connectivity index (χ1) is 6.11. The van der Waals surface area contributed by atoms with Crippen molar-refractivity contribution in [1.29, 1.82) is 0 Å². The fraction of sp³-hybridized carbons (Fsp3) is 0.667. The first kappa shape index (κ1) is 11.8. The molecule has 0 spiro atoms. The van der Waals surface area contributed by atoms with E-state index >= 15 is 0 Å². The van der Waals surface area contributed by atoms with E-state index in [9.17, 15) is 9.59 Å². The Morgan fingerprint density at radius 2 is 2.23 bits per heavy atom. The van der Waals surface area contributed by atoms with Gasteiger partial charge in [-0.15, -0.1) is 0 Å². The van der Waals surface area contributed by atoms with Gasteiger partial charge in [0.1, 0.15) is 18.6 Å². The summed E-state index contributed by atoms with van der Waals surface area (Å²) in [5.41, 5.74) is 5.12. The van der Waals surface area contributed by atoms with Crippen LogP contribution in [0.4, 0.5) is 4.79 Å². The highest BCUT2D eigenvalue weighted by Gasteiger charge is 2.18. The molecule has 0 bridgehead atoms. The molecule has 0 aliphatic carbocycles. The van der Waals surface area contributed by atoms with Gasteiger partial charge in [-0.25, -0.2) is 4.79 Å². The van der Waals surface area contributed by atoms with E-state index in [1.807, 2.05) is 5.32 Å². The highest BCUT2D eigenvalue weighted by atomic mass is 16.4. The molecule has 0 radical (unpaired) electrons. The molecule has 0 aliphatic heterocycles. The second-order valence-electron chi connectivity index (χ2n) is 2.30. The fourth-order valence-corrected chi connectivity index (χ4v) is 0.688. The van der Waals surface area contributed by atoms with Crippen molar-refractivity contribution in [3.8, 4) is 0 Å². The molecule has 7 heteroatoms. The van der Waals surface area contributed by atoms with Gasteiger partial charge in [-0.05, 0) is 0 Å². The van der Waals surface area contributed by atoms with Gasteiger partial charge in [0.05, 0.1) is 0 Å². The summed E-state index contributed by atoms with van der Waals surface area (Å²) >= 11 is 0. The number of nitrogens with two attached hydrogens (primary N) is 1. The number of hydrogen-bond donors (Lipinski definition) is 5. The van der Waals surface area contributed by atoms with Gasteiger partial charge in [0.15, 0.2) is 0 Å². The molecule has 0 rings (SSSR count). The molecule has 0 aromatic rings. The van der Waals surface area contributed by atoms with Crippen molar-refractivity contribution in [3.05, 3.63) is 0 Å². The number of amides is 1. The number of carbonyl (C=O) groups is 2. The zero-order valence-corrected chi connectivity index (χ0v) is 6.93. The van der Waals surface area contributed by atoms with Crippen LogP contribution in [-0.2, 0) is 4.79 Å². The molecule has 0 heterocycles. The third kappa shape index (κ3) is 5.12. The van der Waals surface area contributed by atoms with E-state index in [0.717, 1.165) is 0 Å². The molecule has 0 saturated heterocycles. The summed E-state index contributed by atoms with van der Waals surface area (Å²) in [6.07, 6.45) is -2.31. The largest absolute Gasteiger partial charge is 0.465 e. The van der Waals surface area contributed by atoms with E-state index in [1.165, 1.54) is 0 Å². The lowest BCUT2D eigenvalue weighted by Crippen LogP contribution is -2.51. The van der Waals surface area contributed by atoms with Crippen LogP contribution in [0.3, 0.4) is 0 Å². The van der Waals surface area contributed by atoms with Gasteiger partial charge >= 0.3 is 6.09 Å². The summed E-state index contributed by atoms with van der Waals surface area (Å²) < 4.78 is 0. The SMILES string of the molecule is NCCNC(O)C(C=O)NC(=O)O. The Labute approximate surface area is 74.9 Å². The number of aliphatic hydroxyl groups is 1. The number of rotatable bonds is 6. The van der Waals surface area contributed by atoms with E-state index < -0.39 is 18.4 Å². The molecular formula is C6H13N3O4. The number of aliphatic hydroxyl groups excluding tert-OH is 1. The van der Waals surface area contributed by atoms with Crippen LogP contribution in [-0.4, -0.2) is 48.0 Å². The average Bonchev–Trinajstić information content (AvgIpc) is 2.09. The van der Waals surface area contributed by atoms with Gasteiger partial charge < -0.3 is 26.1 Å². The lowest BCUT2D eigenvalue weighted by molar-refractivity contribution is -0.112. The maximum absolute atomic E-state index is 10.3. The summed E-state index contributed by atoms with van der Waals surface area (Å²) in [6.45, 7) is 0.586. The van der Waals surface area contributed by atoms with Crippen molar-refractivity contribution in [2.45, 2.75) is 12.3 Å². The van der Waals surface area contributed by atoms with Gasteiger partial charge in [0.25, 0.3) is 0 Å². The average molecular weight is 191 g/mol. The number of nitrogens with one attached hydrogen (secondary N) is 2. The van der Waals surface area contributed by atoms with Crippen molar-refractivity contribution < 1.29 is 19.8 Å². The Kier molecular flexibility index (Phi) is 5.77. The van der Waals surface area contributed by atoms with Crippen LogP contribution >= 0.6 is 0 Å². The molecule has 76 valence electrons. The van der Waals surface area contributed by atoms with Gasteiger partial charge in [-0.1, -0.05) is 0 Å². The van der Waals surface area contributed by atoms with Crippen molar-refractivity contribution in [3.63, 3.8) is 0 Å². The minimum atomic E-state index is -1.37. The number of aldehydes is 1. The number of carboxylic acid groups (broad SMARTS) is 1. The highest BCUT2D eigenvalue weighted by molar-refractivity contribution is 5.71. The maximum Gasteiger partial charge on any atom is 0.405 e. The Morgan fingerprint density at radius 3 is 2.62 bits per heavy atom. The third-order valence-electron chi connectivity index (χ3n) is 1.27. The lowest BCUT2D eigenvalue weighted by atomic mass is 10.3. The van der Waals surface area contributed by atoms with Gasteiger partial charge in [-0.2, -0.15) is 0 Å². The first-order valence-electron chi connectivity index (χ1n) is 3.68. The standard InChI is InChI=1S/C6H13N3O4/c7-1-2-8-5(11)4(3-10)9-6(12)13/h3-5,8-9,11H,1-2,7H2,(H,12,13). The summed E-state index contributed by atoms with van der Waals surface area (Å²) in [6, 6.07) is -1.18.